The number of aliphatic hydroxyl groups is 1. The summed E-state index contributed by atoms with van der Waals surface area (Å²) in [6.45, 7) is 4.34. The van der Waals surface area contributed by atoms with Crippen LogP contribution in [0.25, 0.3) is 0 Å². The standard InChI is InChI=1S/C12H18N2O2/c1-3-13-12(8-15)10-4-6-11(7-5-10)14-9(2)16/h4-7,12-13,15H,3,8H2,1-2H3,(H,14,16). The van der Waals surface area contributed by atoms with E-state index in [1.807, 2.05) is 31.2 Å². The SMILES string of the molecule is CCNC(CO)c1ccc(NC(C)=O)cc1. The van der Waals surface area contributed by atoms with Crippen molar-refractivity contribution in [3.05, 3.63) is 29.8 Å². The normalized spacial score (nSPS) is 12.2. The molecule has 0 radical (unpaired) electrons. The molecule has 16 heavy (non-hydrogen) atoms. The van der Waals surface area contributed by atoms with E-state index in [2.05, 4.69) is 10.6 Å². The van der Waals surface area contributed by atoms with Gasteiger partial charge in [0.25, 0.3) is 0 Å². The molecule has 0 bridgehead atoms. The van der Waals surface area contributed by atoms with E-state index in [0.717, 1.165) is 17.8 Å². The molecule has 4 nitrogen and oxygen atoms in total. The van der Waals surface area contributed by atoms with Crippen molar-refractivity contribution in [1.29, 1.82) is 0 Å². The van der Waals surface area contributed by atoms with Crippen molar-refractivity contribution in [3.63, 3.8) is 0 Å². The Bertz CT molecular complexity index is 335. The van der Waals surface area contributed by atoms with Crippen molar-refractivity contribution in [3.8, 4) is 0 Å². The second kappa shape index (κ2) is 6.25. The Balaban J connectivity index is 2.72. The molecule has 1 amide bonds. The topological polar surface area (TPSA) is 61.4 Å². The van der Waals surface area contributed by atoms with E-state index in [-0.39, 0.29) is 18.6 Å². The van der Waals surface area contributed by atoms with Gasteiger partial charge in [0.1, 0.15) is 0 Å². The van der Waals surface area contributed by atoms with Crippen molar-refractivity contribution in [2.75, 3.05) is 18.5 Å². The Morgan fingerprint density at radius 2 is 2.00 bits per heavy atom. The number of rotatable bonds is 5. The molecule has 1 aromatic rings. The molecular weight excluding hydrogens is 204 g/mol. The van der Waals surface area contributed by atoms with E-state index in [1.54, 1.807) is 0 Å². The highest BCUT2D eigenvalue weighted by Gasteiger charge is 2.08. The first-order valence-corrected chi connectivity index (χ1v) is 5.39. The summed E-state index contributed by atoms with van der Waals surface area (Å²) < 4.78 is 0. The lowest BCUT2D eigenvalue weighted by atomic mass is 10.1. The smallest absolute Gasteiger partial charge is 0.221 e. The molecule has 0 saturated heterocycles. The first-order chi connectivity index (χ1) is 7.67. The highest BCUT2D eigenvalue weighted by molar-refractivity contribution is 5.88. The summed E-state index contributed by atoms with van der Waals surface area (Å²) in [6, 6.07) is 7.41. The largest absolute Gasteiger partial charge is 0.394 e. The Hall–Kier alpha value is -1.39. The van der Waals surface area contributed by atoms with Crippen molar-refractivity contribution >= 4 is 11.6 Å². The highest BCUT2D eigenvalue weighted by Crippen LogP contribution is 2.15. The number of carbonyl (C=O) groups is 1. The van der Waals surface area contributed by atoms with Gasteiger partial charge in [-0.3, -0.25) is 4.79 Å². The lowest BCUT2D eigenvalue weighted by Gasteiger charge is -2.15. The first-order valence-electron chi connectivity index (χ1n) is 5.39. The Kier molecular flexibility index (Phi) is 4.95. The predicted octanol–water partition coefficient (Wildman–Crippen LogP) is 1.29. The average Bonchev–Trinajstić information content (AvgIpc) is 2.26. The van der Waals surface area contributed by atoms with Gasteiger partial charge in [-0.15, -0.1) is 0 Å². The van der Waals surface area contributed by atoms with Gasteiger partial charge in [-0.25, -0.2) is 0 Å². The van der Waals surface area contributed by atoms with Crippen molar-refractivity contribution in [2.45, 2.75) is 19.9 Å². The van der Waals surface area contributed by atoms with Crippen LogP contribution in [0.3, 0.4) is 0 Å². The van der Waals surface area contributed by atoms with E-state index in [1.165, 1.54) is 6.92 Å². The number of nitrogens with one attached hydrogen (secondary N) is 2. The highest BCUT2D eigenvalue weighted by atomic mass is 16.3. The Labute approximate surface area is 95.7 Å². The van der Waals surface area contributed by atoms with Crippen LogP contribution in [0.4, 0.5) is 5.69 Å². The fraction of sp³-hybridized carbons (Fsp3) is 0.417. The van der Waals surface area contributed by atoms with Gasteiger partial charge < -0.3 is 15.7 Å². The quantitative estimate of drug-likeness (QED) is 0.703. The summed E-state index contributed by atoms with van der Waals surface area (Å²) in [5.41, 5.74) is 1.78. The monoisotopic (exact) mass is 222 g/mol. The third-order valence-corrected chi connectivity index (χ3v) is 2.27. The van der Waals surface area contributed by atoms with Crippen LogP contribution in [0.15, 0.2) is 24.3 Å². The first kappa shape index (κ1) is 12.7. The third kappa shape index (κ3) is 3.64. The average molecular weight is 222 g/mol. The van der Waals surface area contributed by atoms with Crippen molar-refractivity contribution < 1.29 is 9.90 Å². The minimum Gasteiger partial charge on any atom is -0.394 e. The maximum absolute atomic E-state index is 10.8. The van der Waals surface area contributed by atoms with Crippen LogP contribution in [0, 0.1) is 0 Å². The van der Waals surface area contributed by atoms with E-state index in [9.17, 15) is 9.90 Å². The second-order valence-corrected chi connectivity index (χ2v) is 3.60. The van der Waals surface area contributed by atoms with Gasteiger partial charge in [-0.1, -0.05) is 19.1 Å². The van der Waals surface area contributed by atoms with Crippen LogP contribution in [0.1, 0.15) is 25.5 Å². The number of aliphatic hydroxyl groups excluding tert-OH is 1. The zero-order valence-corrected chi connectivity index (χ0v) is 9.66. The molecule has 1 atom stereocenters. The van der Waals surface area contributed by atoms with Crippen LogP contribution in [0.5, 0.6) is 0 Å². The van der Waals surface area contributed by atoms with Gasteiger partial charge in [0.05, 0.1) is 12.6 Å². The van der Waals surface area contributed by atoms with Gasteiger partial charge in [0, 0.05) is 12.6 Å². The van der Waals surface area contributed by atoms with E-state index >= 15 is 0 Å². The summed E-state index contributed by atoms with van der Waals surface area (Å²) in [6.07, 6.45) is 0. The number of benzene rings is 1. The Morgan fingerprint density at radius 1 is 1.38 bits per heavy atom. The molecule has 0 aliphatic heterocycles. The van der Waals surface area contributed by atoms with Crippen LogP contribution >= 0.6 is 0 Å². The minimum absolute atomic E-state index is 0.0450. The van der Waals surface area contributed by atoms with Crippen LogP contribution in [0.2, 0.25) is 0 Å². The molecule has 0 saturated carbocycles. The fourth-order valence-electron chi connectivity index (χ4n) is 1.54. The van der Waals surface area contributed by atoms with Gasteiger partial charge in [-0.05, 0) is 24.2 Å². The third-order valence-electron chi connectivity index (χ3n) is 2.27. The van der Waals surface area contributed by atoms with E-state index in [0.29, 0.717) is 0 Å². The van der Waals surface area contributed by atoms with E-state index in [4.69, 9.17) is 0 Å². The van der Waals surface area contributed by atoms with Gasteiger partial charge >= 0.3 is 0 Å². The maximum atomic E-state index is 10.8. The summed E-state index contributed by atoms with van der Waals surface area (Å²) >= 11 is 0. The van der Waals surface area contributed by atoms with Crippen LogP contribution in [-0.4, -0.2) is 24.2 Å². The number of hydrogen-bond acceptors (Lipinski definition) is 3. The van der Waals surface area contributed by atoms with E-state index < -0.39 is 0 Å². The molecule has 0 spiro atoms. The van der Waals surface area contributed by atoms with Gasteiger partial charge in [0.2, 0.25) is 5.91 Å². The molecule has 0 fully saturated rings. The fourth-order valence-corrected chi connectivity index (χ4v) is 1.54. The lowest BCUT2D eigenvalue weighted by molar-refractivity contribution is -0.114. The zero-order valence-electron chi connectivity index (χ0n) is 9.66. The molecule has 88 valence electrons. The molecule has 0 aromatic heterocycles. The number of likely N-dealkylation sites (N-methyl/N-ethyl adjacent to an activating group) is 1. The van der Waals surface area contributed by atoms with Gasteiger partial charge in [0.15, 0.2) is 0 Å². The summed E-state index contributed by atoms with van der Waals surface area (Å²) in [7, 11) is 0. The van der Waals surface area contributed by atoms with Crippen molar-refractivity contribution in [2.24, 2.45) is 0 Å². The summed E-state index contributed by atoms with van der Waals surface area (Å²) in [4.78, 5) is 10.8. The molecule has 1 rings (SSSR count). The molecule has 0 aliphatic rings. The minimum atomic E-state index is -0.0851. The molecule has 3 N–H and O–H groups in total. The Morgan fingerprint density at radius 3 is 2.44 bits per heavy atom. The number of hydrogen-bond donors (Lipinski definition) is 3. The van der Waals surface area contributed by atoms with Crippen LogP contribution < -0.4 is 10.6 Å². The molecular formula is C12H18N2O2. The van der Waals surface area contributed by atoms with Crippen LogP contribution in [-0.2, 0) is 4.79 Å². The van der Waals surface area contributed by atoms with Crippen molar-refractivity contribution in [1.82, 2.24) is 5.32 Å². The second-order valence-electron chi connectivity index (χ2n) is 3.60. The molecule has 0 heterocycles. The maximum Gasteiger partial charge on any atom is 0.221 e. The summed E-state index contributed by atoms with van der Waals surface area (Å²) in [5, 5.41) is 15.1. The number of carbonyl (C=O) groups excluding carboxylic acids is 1. The summed E-state index contributed by atoms with van der Waals surface area (Å²) in [5.74, 6) is -0.0851. The molecule has 1 aromatic carbocycles. The lowest BCUT2D eigenvalue weighted by Crippen LogP contribution is -2.23. The molecule has 4 heteroatoms. The number of amides is 1. The van der Waals surface area contributed by atoms with Gasteiger partial charge in [-0.2, -0.15) is 0 Å². The zero-order chi connectivity index (χ0) is 12.0. The molecule has 0 aliphatic carbocycles. The number of anilines is 1. The predicted molar refractivity (Wildman–Crippen MR) is 64.2 cm³/mol. The molecule has 1 unspecified atom stereocenters.